The SMILES string of the molecule is CC1(C)CCC(Nc2ncc(Cl)cn2)CC1. The molecule has 0 aliphatic heterocycles. The van der Waals surface area contributed by atoms with Crippen LogP contribution in [0.3, 0.4) is 0 Å². The van der Waals surface area contributed by atoms with Crippen molar-refractivity contribution in [2.75, 3.05) is 5.32 Å². The first-order valence-electron chi connectivity index (χ1n) is 5.79. The lowest BCUT2D eigenvalue weighted by Gasteiger charge is -2.34. The summed E-state index contributed by atoms with van der Waals surface area (Å²) < 4.78 is 0. The Labute approximate surface area is 102 Å². The molecule has 0 spiro atoms. The van der Waals surface area contributed by atoms with E-state index in [0.29, 0.717) is 22.4 Å². The fourth-order valence-corrected chi connectivity index (χ4v) is 2.21. The third kappa shape index (κ3) is 3.08. The Kier molecular flexibility index (Phi) is 3.33. The number of hydrogen-bond acceptors (Lipinski definition) is 3. The van der Waals surface area contributed by atoms with Crippen LogP contribution in [0.5, 0.6) is 0 Å². The van der Waals surface area contributed by atoms with Crippen LogP contribution >= 0.6 is 11.6 Å². The standard InChI is InChI=1S/C12H18ClN3/c1-12(2)5-3-10(4-6-12)16-11-14-7-9(13)8-15-11/h7-8,10H,3-6H2,1-2H3,(H,14,15,16). The maximum atomic E-state index is 5.74. The maximum Gasteiger partial charge on any atom is 0.222 e. The number of aromatic nitrogens is 2. The van der Waals surface area contributed by atoms with Crippen molar-refractivity contribution in [3.05, 3.63) is 17.4 Å². The zero-order valence-electron chi connectivity index (χ0n) is 9.83. The molecule has 4 heteroatoms. The van der Waals surface area contributed by atoms with Gasteiger partial charge in [-0.3, -0.25) is 0 Å². The summed E-state index contributed by atoms with van der Waals surface area (Å²) >= 11 is 5.74. The molecule has 2 rings (SSSR count). The smallest absolute Gasteiger partial charge is 0.222 e. The van der Waals surface area contributed by atoms with Gasteiger partial charge in [-0.05, 0) is 31.1 Å². The van der Waals surface area contributed by atoms with E-state index < -0.39 is 0 Å². The minimum absolute atomic E-state index is 0.499. The first-order chi connectivity index (χ1) is 7.55. The zero-order chi connectivity index (χ0) is 11.6. The quantitative estimate of drug-likeness (QED) is 0.858. The number of rotatable bonds is 2. The van der Waals surface area contributed by atoms with E-state index in [2.05, 4.69) is 29.1 Å². The normalized spacial score (nSPS) is 20.7. The number of hydrogen-bond donors (Lipinski definition) is 1. The molecule has 1 aromatic heterocycles. The summed E-state index contributed by atoms with van der Waals surface area (Å²) in [5, 5.41) is 3.94. The molecule has 1 heterocycles. The molecular formula is C12H18ClN3. The van der Waals surface area contributed by atoms with E-state index >= 15 is 0 Å². The average Bonchev–Trinajstić information content (AvgIpc) is 2.24. The van der Waals surface area contributed by atoms with E-state index in [4.69, 9.17) is 11.6 Å². The topological polar surface area (TPSA) is 37.8 Å². The second-order valence-electron chi connectivity index (χ2n) is 5.31. The molecule has 0 aromatic carbocycles. The fraction of sp³-hybridized carbons (Fsp3) is 0.667. The van der Waals surface area contributed by atoms with Crippen molar-refractivity contribution >= 4 is 17.5 Å². The van der Waals surface area contributed by atoms with Crippen molar-refractivity contribution in [3.8, 4) is 0 Å². The maximum absolute atomic E-state index is 5.74. The van der Waals surface area contributed by atoms with Gasteiger partial charge in [0.15, 0.2) is 0 Å². The van der Waals surface area contributed by atoms with Crippen LogP contribution in [0.25, 0.3) is 0 Å². The fourth-order valence-electron chi connectivity index (χ4n) is 2.11. The number of halogens is 1. The number of nitrogens with one attached hydrogen (secondary N) is 1. The van der Waals surface area contributed by atoms with Gasteiger partial charge in [0.05, 0.1) is 17.4 Å². The highest BCUT2D eigenvalue weighted by Crippen LogP contribution is 2.35. The molecule has 1 aliphatic carbocycles. The minimum atomic E-state index is 0.499. The summed E-state index contributed by atoms with van der Waals surface area (Å²) in [7, 11) is 0. The third-order valence-corrected chi connectivity index (χ3v) is 3.49. The van der Waals surface area contributed by atoms with Gasteiger partial charge in [-0.1, -0.05) is 25.4 Å². The molecule has 1 N–H and O–H groups in total. The molecule has 0 unspecified atom stereocenters. The molecule has 16 heavy (non-hydrogen) atoms. The van der Waals surface area contributed by atoms with Gasteiger partial charge in [0.2, 0.25) is 5.95 Å². The van der Waals surface area contributed by atoms with Gasteiger partial charge < -0.3 is 5.32 Å². The number of anilines is 1. The summed E-state index contributed by atoms with van der Waals surface area (Å²) in [6, 6.07) is 0.509. The van der Waals surface area contributed by atoms with Gasteiger partial charge in [-0.2, -0.15) is 0 Å². The molecule has 88 valence electrons. The van der Waals surface area contributed by atoms with Gasteiger partial charge in [-0.15, -0.1) is 0 Å². The summed E-state index contributed by atoms with van der Waals surface area (Å²) in [5.74, 6) is 0.689. The Bertz CT molecular complexity index is 338. The van der Waals surface area contributed by atoms with Gasteiger partial charge >= 0.3 is 0 Å². The molecule has 0 amide bonds. The lowest BCUT2D eigenvalue weighted by Crippen LogP contribution is -2.30. The predicted octanol–water partition coefficient (Wildman–Crippen LogP) is 3.51. The van der Waals surface area contributed by atoms with Gasteiger partial charge in [-0.25, -0.2) is 9.97 Å². The Morgan fingerprint density at radius 3 is 2.38 bits per heavy atom. The second-order valence-corrected chi connectivity index (χ2v) is 5.74. The van der Waals surface area contributed by atoms with E-state index in [-0.39, 0.29) is 0 Å². The lowest BCUT2D eigenvalue weighted by molar-refractivity contribution is 0.232. The molecular weight excluding hydrogens is 222 g/mol. The van der Waals surface area contributed by atoms with E-state index in [1.165, 1.54) is 25.7 Å². The molecule has 1 fully saturated rings. The highest BCUT2D eigenvalue weighted by Gasteiger charge is 2.26. The van der Waals surface area contributed by atoms with E-state index in [1.807, 2.05) is 0 Å². The predicted molar refractivity (Wildman–Crippen MR) is 66.7 cm³/mol. The van der Waals surface area contributed by atoms with Crippen LogP contribution in [0.1, 0.15) is 39.5 Å². The average molecular weight is 240 g/mol. The first kappa shape index (κ1) is 11.6. The van der Waals surface area contributed by atoms with E-state index in [1.54, 1.807) is 12.4 Å². The van der Waals surface area contributed by atoms with Gasteiger partial charge in [0, 0.05) is 6.04 Å². The van der Waals surface area contributed by atoms with Crippen LogP contribution in [-0.4, -0.2) is 16.0 Å². The second kappa shape index (κ2) is 4.58. The lowest BCUT2D eigenvalue weighted by atomic mass is 9.76. The van der Waals surface area contributed by atoms with Crippen LogP contribution in [0.15, 0.2) is 12.4 Å². The van der Waals surface area contributed by atoms with Crippen LogP contribution in [0.4, 0.5) is 5.95 Å². The largest absolute Gasteiger partial charge is 0.351 e. The summed E-state index contributed by atoms with van der Waals surface area (Å²) in [6.45, 7) is 4.67. The van der Waals surface area contributed by atoms with Crippen LogP contribution in [0, 0.1) is 5.41 Å². The summed E-state index contributed by atoms with van der Waals surface area (Å²) in [5.41, 5.74) is 0.499. The van der Waals surface area contributed by atoms with Gasteiger partial charge in [0.25, 0.3) is 0 Å². The minimum Gasteiger partial charge on any atom is -0.351 e. The Balaban J connectivity index is 1.89. The van der Waals surface area contributed by atoms with Crippen molar-refractivity contribution in [1.82, 2.24) is 9.97 Å². The summed E-state index contributed by atoms with van der Waals surface area (Å²) in [6.07, 6.45) is 8.17. The number of nitrogens with zero attached hydrogens (tertiary/aromatic N) is 2. The van der Waals surface area contributed by atoms with E-state index in [9.17, 15) is 0 Å². The highest BCUT2D eigenvalue weighted by atomic mass is 35.5. The monoisotopic (exact) mass is 239 g/mol. The molecule has 1 aliphatic rings. The van der Waals surface area contributed by atoms with E-state index in [0.717, 1.165) is 0 Å². The molecule has 0 saturated heterocycles. The Morgan fingerprint density at radius 1 is 1.25 bits per heavy atom. The summed E-state index contributed by atoms with van der Waals surface area (Å²) in [4.78, 5) is 8.31. The van der Waals surface area contributed by atoms with Crippen molar-refractivity contribution < 1.29 is 0 Å². The van der Waals surface area contributed by atoms with Crippen molar-refractivity contribution in [1.29, 1.82) is 0 Å². The Morgan fingerprint density at radius 2 is 1.81 bits per heavy atom. The highest BCUT2D eigenvalue weighted by molar-refractivity contribution is 6.30. The molecule has 3 nitrogen and oxygen atoms in total. The van der Waals surface area contributed by atoms with Crippen molar-refractivity contribution in [2.45, 2.75) is 45.6 Å². The zero-order valence-corrected chi connectivity index (χ0v) is 10.6. The van der Waals surface area contributed by atoms with Gasteiger partial charge in [0.1, 0.15) is 0 Å². The molecule has 0 atom stereocenters. The molecule has 0 radical (unpaired) electrons. The van der Waals surface area contributed by atoms with Crippen LogP contribution in [-0.2, 0) is 0 Å². The van der Waals surface area contributed by atoms with Crippen molar-refractivity contribution in [2.24, 2.45) is 5.41 Å². The molecule has 1 saturated carbocycles. The van der Waals surface area contributed by atoms with Crippen molar-refractivity contribution in [3.63, 3.8) is 0 Å². The van der Waals surface area contributed by atoms with Crippen LogP contribution in [0.2, 0.25) is 5.02 Å². The molecule has 0 bridgehead atoms. The third-order valence-electron chi connectivity index (χ3n) is 3.29. The first-order valence-corrected chi connectivity index (χ1v) is 6.17. The Hall–Kier alpha value is -0.830. The molecule has 1 aromatic rings. The van der Waals surface area contributed by atoms with Crippen LogP contribution < -0.4 is 5.32 Å².